The Morgan fingerprint density at radius 1 is 0.229 bits per heavy atom. The summed E-state index contributed by atoms with van der Waals surface area (Å²) in [7, 11) is 0. The quantitative estimate of drug-likeness (QED) is 0.177. The third-order valence-electron chi connectivity index (χ3n) is 14.8. The summed E-state index contributed by atoms with van der Waals surface area (Å²) >= 11 is 0. The SMILES string of the molecule is N#Cc1c(-n2c3ccccc3c3ccccc32)c(C#N)c(-n2c3ccccc3c3ccc4ccccc4c32)c(-n2c3ccccc3c3ccccc32)c1-n1c2ccccc2c2ccc3ccccc3c21. The summed E-state index contributed by atoms with van der Waals surface area (Å²) in [5, 5.41) is 37.7. The van der Waals surface area contributed by atoms with Crippen LogP contribution in [0, 0.1) is 22.7 Å². The number of fused-ring (bicyclic) bond motifs is 16. The van der Waals surface area contributed by atoms with Crippen LogP contribution in [0.4, 0.5) is 0 Å². The molecule has 4 aromatic heterocycles. The Morgan fingerprint density at radius 3 is 0.843 bits per heavy atom. The lowest BCUT2D eigenvalue weighted by Gasteiger charge is -2.27. The van der Waals surface area contributed by atoms with Gasteiger partial charge in [-0.25, -0.2) is 0 Å². The number of hydrogen-bond acceptors (Lipinski definition) is 2. The van der Waals surface area contributed by atoms with Gasteiger partial charge in [0, 0.05) is 53.9 Å². The molecule has 0 atom stereocenters. The molecule has 0 bridgehead atoms. The number of para-hydroxylation sites is 6. The van der Waals surface area contributed by atoms with Crippen molar-refractivity contribution in [2.75, 3.05) is 0 Å². The van der Waals surface area contributed by atoms with E-state index in [0.717, 1.165) is 114 Å². The van der Waals surface area contributed by atoms with Crippen molar-refractivity contribution >= 4 is 109 Å². The van der Waals surface area contributed by atoms with Crippen LogP contribution in [0.25, 0.3) is 132 Å². The topological polar surface area (TPSA) is 67.3 Å². The molecule has 6 nitrogen and oxygen atoms in total. The van der Waals surface area contributed by atoms with Crippen LogP contribution < -0.4 is 0 Å². The predicted octanol–water partition coefficient (Wildman–Crippen LogP) is 16.1. The van der Waals surface area contributed by atoms with Gasteiger partial charge in [0.15, 0.2) is 0 Å². The highest BCUT2D eigenvalue weighted by Gasteiger charge is 2.35. The van der Waals surface area contributed by atoms with Gasteiger partial charge in [0.2, 0.25) is 0 Å². The van der Waals surface area contributed by atoms with Gasteiger partial charge in [-0.3, -0.25) is 0 Å². The van der Waals surface area contributed by atoms with Crippen molar-refractivity contribution in [2.45, 2.75) is 0 Å². The molecule has 0 amide bonds. The molecule has 0 fully saturated rings. The van der Waals surface area contributed by atoms with Crippen LogP contribution in [0.1, 0.15) is 11.1 Å². The summed E-state index contributed by atoms with van der Waals surface area (Å²) in [6.07, 6.45) is 0. The second-order valence-electron chi connectivity index (χ2n) is 18.2. The summed E-state index contributed by atoms with van der Waals surface area (Å²) in [4.78, 5) is 0. The molecule has 0 saturated heterocycles. The molecule has 0 aliphatic heterocycles. The first-order valence-electron chi connectivity index (χ1n) is 23.6. The van der Waals surface area contributed by atoms with E-state index in [9.17, 15) is 10.5 Å². The summed E-state index contributed by atoms with van der Waals surface area (Å²) in [6.45, 7) is 0. The highest BCUT2D eigenvalue weighted by molar-refractivity contribution is 6.22. The van der Waals surface area contributed by atoms with E-state index >= 15 is 0 Å². The Hall–Kier alpha value is -9.88. The minimum absolute atomic E-state index is 0.380. The standard InChI is InChI=1S/C64H36N6/c65-37-51-61(67-53-27-11-5-21-43(53)44-22-6-12-28-54(44)67)52(38-66)63(70-58-32-16-10-26-48(58)50-36-34-40-18-2-4-20-42(40)60(50)70)64(68-55-29-13-7-23-45(55)46-24-8-14-30-56(46)68)62(51)69-57-31-15-9-25-47(57)49-35-33-39-17-1-3-19-41(39)59(49)69/h1-36H. The summed E-state index contributed by atoms with van der Waals surface area (Å²) < 4.78 is 9.21. The van der Waals surface area contributed by atoms with Gasteiger partial charge in [0.1, 0.15) is 23.3 Å². The van der Waals surface area contributed by atoms with Crippen molar-refractivity contribution in [3.8, 4) is 34.9 Å². The van der Waals surface area contributed by atoms with E-state index < -0.39 is 0 Å². The van der Waals surface area contributed by atoms with Crippen molar-refractivity contribution in [2.24, 2.45) is 0 Å². The summed E-state index contributed by atoms with van der Waals surface area (Å²) in [6, 6.07) is 82.5. The zero-order chi connectivity index (χ0) is 46.2. The fourth-order valence-electron chi connectivity index (χ4n) is 12.0. The van der Waals surface area contributed by atoms with E-state index in [-0.39, 0.29) is 0 Å². The zero-order valence-corrected chi connectivity index (χ0v) is 37.5. The molecule has 322 valence electrons. The fraction of sp³-hybridized carbons (Fsp3) is 0. The van der Waals surface area contributed by atoms with Gasteiger partial charge in [-0.1, -0.05) is 182 Å². The molecule has 0 radical (unpaired) electrons. The largest absolute Gasteiger partial charge is 0.306 e. The molecule has 15 rings (SSSR count). The van der Waals surface area contributed by atoms with Crippen molar-refractivity contribution in [1.82, 2.24) is 18.3 Å². The molecular weight excluding hydrogens is 853 g/mol. The number of rotatable bonds is 4. The Morgan fingerprint density at radius 2 is 0.500 bits per heavy atom. The van der Waals surface area contributed by atoms with Gasteiger partial charge < -0.3 is 18.3 Å². The first kappa shape index (κ1) is 38.2. The third-order valence-corrected chi connectivity index (χ3v) is 14.8. The monoisotopic (exact) mass is 888 g/mol. The maximum Gasteiger partial charge on any atom is 0.104 e. The number of hydrogen-bond donors (Lipinski definition) is 0. The molecule has 0 spiro atoms. The fourth-order valence-corrected chi connectivity index (χ4v) is 12.0. The Bertz CT molecular complexity index is 4570. The molecule has 0 aliphatic carbocycles. The number of nitriles is 2. The molecule has 0 unspecified atom stereocenters. The minimum atomic E-state index is 0.380. The average Bonchev–Trinajstić information content (AvgIpc) is 4.16. The summed E-state index contributed by atoms with van der Waals surface area (Å²) in [5.41, 5.74) is 10.9. The van der Waals surface area contributed by atoms with Crippen LogP contribution in [0.3, 0.4) is 0 Å². The lowest BCUT2D eigenvalue weighted by Crippen LogP contribution is -2.17. The van der Waals surface area contributed by atoms with Crippen molar-refractivity contribution < 1.29 is 0 Å². The number of nitrogens with zero attached hydrogens (tertiary/aromatic N) is 6. The molecule has 6 heteroatoms. The Kier molecular flexibility index (Phi) is 7.82. The van der Waals surface area contributed by atoms with E-state index in [1.54, 1.807) is 0 Å². The van der Waals surface area contributed by atoms with Gasteiger partial charge in [0.25, 0.3) is 0 Å². The van der Waals surface area contributed by atoms with Crippen LogP contribution >= 0.6 is 0 Å². The first-order chi connectivity index (χ1) is 34.7. The van der Waals surface area contributed by atoms with E-state index in [4.69, 9.17) is 0 Å². The van der Waals surface area contributed by atoms with E-state index in [0.29, 0.717) is 28.2 Å². The molecule has 70 heavy (non-hydrogen) atoms. The maximum absolute atomic E-state index is 12.5. The molecule has 0 N–H and O–H groups in total. The van der Waals surface area contributed by atoms with Crippen molar-refractivity contribution in [1.29, 1.82) is 10.5 Å². The second-order valence-corrected chi connectivity index (χ2v) is 18.2. The lowest BCUT2D eigenvalue weighted by atomic mass is 9.98. The predicted molar refractivity (Wildman–Crippen MR) is 288 cm³/mol. The minimum Gasteiger partial charge on any atom is -0.306 e. The van der Waals surface area contributed by atoms with E-state index in [1.165, 1.54) is 0 Å². The number of aromatic nitrogens is 4. The third kappa shape index (κ3) is 4.93. The Balaban J connectivity index is 1.32. The lowest BCUT2D eigenvalue weighted by molar-refractivity contribution is 1.02. The second kappa shape index (κ2) is 14.3. The van der Waals surface area contributed by atoms with Crippen molar-refractivity contribution in [3.05, 3.63) is 230 Å². The number of benzene rings is 11. The molecule has 0 aliphatic rings. The molecular formula is C64H36N6. The highest BCUT2D eigenvalue weighted by Crippen LogP contribution is 2.50. The average molecular weight is 889 g/mol. The first-order valence-corrected chi connectivity index (χ1v) is 23.6. The smallest absolute Gasteiger partial charge is 0.104 e. The highest BCUT2D eigenvalue weighted by atomic mass is 15.1. The molecule has 11 aromatic carbocycles. The van der Waals surface area contributed by atoms with Gasteiger partial charge in [-0.05, 0) is 47.2 Å². The normalized spacial score (nSPS) is 12.0. The van der Waals surface area contributed by atoms with Crippen LogP contribution in [0.2, 0.25) is 0 Å². The van der Waals surface area contributed by atoms with Crippen LogP contribution in [-0.4, -0.2) is 18.3 Å². The zero-order valence-electron chi connectivity index (χ0n) is 37.5. The Labute approximate surface area is 400 Å². The van der Waals surface area contributed by atoms with Crippen LogP contribution in [-0.2, 0) is 0 Å². The van der Waals surface area contributed by atoms with Gasteiger partial charge in [-0.2, -0.15) is 10.5 Å². The maximum atomic E-state index is 12.5. The van der Waals surface area contributed by atoms with E-state index in [2.05, 4.69) is 237 Å². The van der Waals surface area contributed by atoms with Crippen LogP contribution in [0.5, 0.6) is 0 Å². The van der Waals surface area contributed by atoms with Crippen LogP contribution in [0.15, 0.2) is 218 Å². The molecule has 0 saturated carbocycles. The molecule has 15 aromatic rings. The van der Waals surface area contributed by atoms with Gasteiger partial charge in [-0.15, -0.1) is 0 Å². The van der Waals surface area contributed by atoms with Gasteiger partial charge >= 0.3 is 0 Å². The summed E-state index contributed by atoms with van der Waals surface area (Å²) in [5.74, 6) is 0. The van der Waals surface area contributed by atoms with E-state index in [1.807, 2.05) is 12.1 Å². The van der Waals surface area contributed by atoms with Gasteiger partial charge in [0.05, 0.1) is 66.9 Å². The molecule has 4 heterocycles. The van der Waals surface area contributed by atoms with Crippen molar-refractivity contribution in [3.63, 3.8) is 0 Å².